The third kappa shape index (κ3) is 2.83. The molecule has 0 aliphatic heterocycles. The Bertz CT molecular complexity index is 1150. The van der Waals surface area contributed by atoms with Gasteiger partial charge in [0.25, 0.3) is 5.56 Å². The van der Waals surface area contributed by atoms with Crippen LogP contribution in [0.25, 0.3) is 22.1 Å². The molecule has 0 aliphatic carbocycles. The Kier molecular flexibility index (Phi) is 3.96. The predicted molar refractivity (Wildman–Crippen MR) is 96.6 cm³/mol. The minimum atomic E-state index is -0.377. The third-order valence-corrected chi connectivity index (χ3v) is 4.25. The van der Waals surface area contributed by atoms with Gasteiger partial charge in [-0.05, 0) is 36.8 Å². The van der Waals surface area contributed by atoms with Crippen molar-refractivity contribution in [1.29, 1.82) is 0 Å². The molecule has 1 atom stereocenters. The van der Waals surface area contributed by atoms with Gasteiger partial charge in [-0.2, -0.15) is 0 Å². The van der Waals surface area contributed by atoms with Gasteiger partial charge in [0.2, 0.25) is 11.5 Å². The lowest BCUT2D eigenvalue weighted by Gasteiger charge is -2.14. The highest BCUT2D eigenvalue weighted by Gasteiger charge is 2.15. The molecular weight excluding hydrogens is 332 g/mol. The molecule has 0 bridgehead atoms. The number of carbonyl (C=O) groups excluding carboxylic acids is 1. The van der Waals surface area contributed by atoms with E-state index in [-0.39, 0.29) is 29.6 Å². The second-order valence-electron chi connectivity index (χ2n) is 6.02. The molecule has 130 valence electrons. The number of benzene rings is 1. The highest BCUT2D eigenvalue weighted by molar-refractivity contribution is 6.01. The van der Waals surface area contributed by atoms with Crippen LogP contribution in [0.15, 0.2) is 64.3 Å². The first-order valence-corrected chi connectivity index (χ1v) is 8.19. The van der Waals surface area contributed by atoms with Crippen molar-refractivity contribution >= 4 is 28.0 Å². The van der Waals surface area contributed by atoms with E-state index in [0.717, 1.165) is 10.9 Å². The fraction of sp³-hybridized carbons (Fsp3) is 0.158. The summed E-state index contributed by atoms with van der Waals surface area (Å²) in [5.41, 5.74) is 1.82. The number of hydrogen-bond acceptors (Lipinski definition) is 5. The number of furan rings is 1. The van der Waals surface area contributed by atoms with Gasteiger partial charge in [-0.3, -0.25) is 19.1 Å². The van der Waals surface area contributed by atoms with Crippen LogP contribution in [0.1, 0.15) is 18.5 Å². The van der Waals surface area contributed by atoms with E-state index in [1.165, 1.54) is 10.9 Å². The molecule has 1 unspecified atom stereocenters. The van der Waals surface area contributed by atoms with Gasteiger partial charge in [0.1, 0.15) is 17.6 Å². The van der Waals surface area contributed by atoms with Gasteiger partial charge in [0.05, 0.1) is 12.4 Å². The molecule has 3 heterocycles. The summed E-state index contributed by atoms with van der Waals surface area (Å²) in [6.45, 7) is 1.74. The Morgan fingerprint density at radius 2 is 2.00 bits per heavy atom. The van der Waals surface area contributed by atoms with Crippen LogP contribution < -0.4 is 10.9 Å². The Hall–Kier alpha value is -3.48. The monoisotopic (exact) mass is 348 g/mol. The number of hydrogen-bond donors (Lipinski definition) is 1. The topological polar surface area (TPSA) is 90.0 Å². The van der Waals surface area contributed by atoms with E-state index in [1.807, 2.05) is 37.3 Å². The molecule has 4 aromatic rings. The minimum Gasteiger partial charge on any atom is -0.448 e. The van der Waals surface area contributed by atoms with Gasteiger partial charge in [-0.1, -0.05) is 12.1 Å². The smallest absolute Gasteiger partial charge is 0.297 e. The third-order valence-electron chi connectivity index (χ3n) is 4.25. The van der Waals surface area contributed by atoms with Crippen molar-refractivity contribution in [3.63, 3.8) is 0 Å². The summed E-state index contributed by atoms with van der Waals surface area (Å²) >= 11 is 0. The summed E-state index contributed by atoms with van der Waals surface area (Å²) in [5.74, 6) is -0.284. The van der Waals surface area contributed by atoms with E-state index in [9.17, 15) is 9.59 Å². The van der Waals surface area contributed by atoms with Crippen molar-refractivity contribution < 1.29 is 9.21 Å². The number of aromatic nitrogens is 3. The number of fused-ring (bicyclic) bond motifs is 3. The van der Waals surface area contributed by atoms with Crippen LogP contribution in [0, 0.1) is 0 Å². The number of amides is 1. The number of rotatable bonds is 4. The van der Waals surface area contributed by atoms with Crippen LogP contribution in [0.4, 0.5) is 0 Å². The summed E-state index contributed by atoms with van der Waals surface area (Å²) in [6.07, 6.45) is 4.72. The quantitative estimate of drug-likeness (QED) is 0.612. The SMILES string of the molecule is CC(NC(=O)Cn1cnc2c(oc3ccccc32)c1=O)c1ccncc1. The van der Waals surface area contributed by atoms with Gasteiger partial charge in [-0.25, -0.2) is 4.98 Å². The molecule has 1 amide bonds. The van der Waals surface area contributed by atoms with Crippen LogP contribution in [-0.4, -0.2) is 20.4 Å². The normalized spacial score (nSPS) is 12.3. The van der Waals surface area contributed by atoms with Crippen molar-refractivity contribution in [2.45, 2.75) is 19.5 Å². The maximum Gasteiger partial charge on any atom is 0.297 e. The molecule has 0 fully saturated rings. The molecule has 0 radical (unpaired) electrons. The van der Waals surface area contributed by atoms with Crippen molar-refractivity contribution in [2.24, 2.45) is 0 Å². The van der Waals surface area contributed by atoms with E-state index in [2.05, 4.69) is 15.3 Å². The number of nitrogens with one attached hydrogen (secondary N) is 1. The maximum absolute atomic E-state index is 12.6. The Morgan fingerprint density at radius 1 is 1.23 bits per heavy atom. The van der Waals surface area contributed by atoms with Crippen molar-refractivity contribution in [3.8, 4) is 0 Å². The first-order valence-electron chi connectivity index (χ1n) is 8.19. The van der Waals surface area contributed by atoms with Crippen molar-refractivity contribution in [3.05, 3.63) is 71.0 Å². The summed E-state index contributed by atoms with van der Waals surface area (Å²) < 4.78 is 6.87. The molecule has 7 nitrogen and oxygen atoms in total. The highest BCUT2D eigenvalue weighted by Crippen LogP contribution is 2.24. The molecule has 0 spiro atoms. The summed E-state index contributed by atoms with van der Waals surface area (Å²) in [6, 6.07) is 10.8. The van der Waals surface area contributed by atoms with E-state index in [4.69, 9.17) is 4.42 Å². The van der Waals surface area contributed by atoms with E-state index in [0.29, 0.717) is 11.1 Å². The summed E-state index contributed by atoms with van der Waals surface area (Å²) in [5, 5.41) is 3.64. The van der Waals surface area contributed by atoms with Gasteiger partial charge < -0.3 is 9.73 Å². The Morgan fingerprint density at radius 3 is 2.81 bits per heavy atom. The maximum atomic E-state index is 12.6. The standard InChI is InChI=1S/C19H16N4O3/c1-12(13-6-8-20-9-7-13)22-16(24)10-23-11-21-17-14-4-2-3-5-15(14)26-18(17)19(23)25/h2-9,11-12H,10H2,1H3,(H,22,24). The molecule has 0 saturated heterocycles. The fourth-order valence-corrected chi connectivity index (χ4v) is 2.91. The largest absolute Gasteiger partial charge is 0.448 e. The molecule has 26 heavy (non-hydrogen) atoms. The summed E-state index contributed by atoms with van der Waals surface area (Å²) in [7, 11) is 0. The van der Waals surface area contributed by atoms with Gasteiger partial charge in [0, 0.05) is 17.8 Å². The van der Waals surface area contributed by atoms with Crippen molar-refractivity contribution in [2.75, 3.05) is 0 Å². The molecule has 3 aromatic heterocycles. The molecule has 1 N–H and O–H groups in total. The predicted octanol–water partition coefficient (Wildman–Crippen LogP) is 2.42. The zero-order valence-corrected chi connectivity index (χ0v) is 14.0. The fourth-order valence-electron chi connectivity index (χ4n) is 2.91. The average molecular weight is 348 g/mol. The van der Waals surface area contributed by atoms with Crippen LogP contribution in [-0.2, 0) is 11.3 Å². The average Bonchev–Trinajstić information content (AvgIpc) is 3.04. The number of carbonyl (C=O) groups is 1. The lowest BCUT2D eigenvalue weighted by Crippen LogP contribution is -2.33. The van der Waals surface area contributed by atoms with Gasteiger partial charge in [-0.15, -0.1) is 0 Å². The number of pyridine rings is 1. The zero-order valence-electron chi connectivity index (χ0n) is 14.0. The highest BCUT2D eigenvalue weighted by atomic mass is 16.3. The lowest BCUT2D eigenvalue weighted by atomic mass is 10.1. The molecule has 0 aliphatic rings. The minimum absolute atomic E-state index is 0.131. The van der Waals surface area contributed by atoms with Crippen LogP contribution in [0.5, 0.6) is 0 Å². The number of nitrogens with zero attached hydrogens (tertiary/aromatic N) is 3. The van der Waals surface area contributed by atoms with E-state index >= 15 is 0 Å². The number of para-hydroxylation sites is 1. The summed E-state index contributed by atoms with van der Waals surface area (Å²) in [4.78, 5) is 33.2. The van der Waals surface area contributed by atoms with Crippen molar-refractivity contribution in [1.82, 2.24) is 19.9 Å². The zero-order chi connectivity index (χ0) is 18.1. The molecule has 4 rings (SSSR count). The van der Waals surface area contributed by atoms with Gasteiger partial charge in [0.15, 0.2) is 0 Å². The van der Waals surface area contributed by atoms with E-state index < -0.39 is 0 Å². The first-order chi connectivity index (χ1) is 12.6. The molecule has 1 aromatic carbocycles. The molecule has 7 heteroatoms. The molecule has 0 saturated carbocycles. The van der Waals surface area contributed by atoms with Gasteiger partial charge >= 0.3 is 0 Å². The lowest BCUT2D eigenvalue weighted by molar-refractivity contribution is -0.122. The van der Waals surface area contributed by atoms with Crippen LogP contribution in [0.2, 0.25) is 0 Å². The molecular formula is C19H16N4O3. The second-order valence-corrected chi connectivity index (χ2v) is 6.02. The Labute approximate surface area is 148 Å². The van der Waals surface area contributed by atoms with E-state index in [1.54, 1.807) is 18.5 Å². The van der Waals surface area contributed by atoms with Crippen LogP contribution >= 0.6 is 0 Å². The Balaban J connectivity index is 1.59. The second kappa shape index (κ2) is 6.44. The van der Waals surface area contributed by atoms with Crippen LogP contribution in [0.3, 0.4) is 0 Å². The first kappa shape index (κ1) is 16.0.